The third-order valence-corrected chi connectivity index (χ3v) is 5.61. The zero-order chi connectivity index (χ0) is 15.0. The fraction of sp³-hybridized carbons (Fsp3) is 0.429. The van der Waals surface area contributed by atoms with Crippen LogP contribution >= 0.6 is 0 Å². The Morgan fingerprint density at radius 3 is 3.05 bits per heavy atom. The molecule has 1 unspecified atom stereocenters. The summed E-state index contributed by atoms with van der Waals surface area (Å²) in [7, 11) is -3.55. The molecule has 21 heavy (non-hydrogen) atoms. The lowest BCUT2D eigenvalue weighted by Gasteiger charge is -2.21. The van der Waals surface area contributed by atoms with E-state index in [9.17, 15) is 8.42 Å². The number of nitrogens with one attached hydrogen (secondary N) is 1. The molecule has 2 heterocycles. The summed E-state index contributed by atoms with van der Waals surface area (Å²) in [4.78, 5) is 3.27. The monoisotopic (exact) mass is 309 g/mol. The van der Waals surface area contributed by atoms with Crippen LogP contribution in [0.3, 0.4) is 0 Å². The van der Waals surface area contributed by atoms with Crippen LogP contribution < -0.4 is 5.73 Å². The summed E-state index contributed by atoms with van der Waals surface area (Å²) < 4.78 is 32.8. The summed E-state index contributed by atoms with van der Waals surface area (Å²) in [5.74, 6) is 0. The molecule has 0 radical (unpaired) electrons. The molecular weight excluding hydrogens is 290 g/mol. The minimum absolute atomic E-state index is 0.0995. The highest BCUT2D eigenvalue weighted by atomic mass is 32.2. The molecule has 114 valence electrons. The predicted octanol–water partition coefficient (Wildman–Crippen LogP) is 1.55. The van der Waals surface area contributed by atoms with Crippen LogP contribution in [0.15, 0.2) is 29.3 Å². The average Bonchev–Trinajstić information content (AvgIpc) is 2.72. The molecule has 1 aromatic carbocycles. The second-order valence-electron chi connectivity index (χ2n) is 5.36. The van der Waals surface area contributed by atoms with Crippen LogP contribution in [0.25, 0.3) is 10.9 Å². The van der Waals surface area contributed by atoms with Crippen LogP contribution in [0.4, 0.5) is 5.69 Å². The van der Waals surface area contributed by atoms with Crippen LogP contribution in [0, 0.1) is 0 Å². The molecule has 6 nitrogen and oxygen atoms in total. The maximum Gasteiger partial charge on any atom is 0.245 e. The predicted molar refractivity (Wildman–Crippen MR) is 81.5 cm³/mol. The number of H-pyrrole nitrogens is 1. The maximum atomic E-state index is 12.9. The van der Waals surface area contributed by atoms with E-state index in [-0.39, 0.29) is 11.0 Å². The third kappa shape index (κ3) is 2.64. The highest BCUT2D eigenvalue weighted by molar-refractivity contribution is 7.89. The van der Waals surface area contributed by atoms with E-state index in [1.807, 2.05) is 6.92 Å². The van der Waals surface area contributed by atoms with Crippen molar-refractivity contribution in [3.63, 3.8) is 0 Å². The summed E-state index contributed by atoms with van der Waals surface area (Å²) in [6.45, 7) is 3.33. The summed E-state index contributed by atoms with van der Waals surface area (Å²) in [6.07, 6.45) is 2.14. The SMILES string of the molecule is CC1CN(S(=O)(=O)c2c[nH]c3ccc(N)cc23)CCCO1. The summed E-state index contributed by atoms with van der Waals surface area (Å²) in [6, 6.07) is 5.23. The Kier molecular flexibility index (Phi) is 3.64. The lowest BCUT2D eigenvalue weighted by Crippen LogP contribution is -2.35. The molecule has 2 aromatic rings. The summed E-state index contributed by atoms with van der Waals surface area (Å²) >= 11 is 0. The molecule has 0 saturated carbocycles. The Hall–Kier alpha value is -1.57. The second-order valence-corrected chi connectivity index (χ2v) is 7.26. The number of nitrogens with two attached hydrogens (primary N) is 1. The first-order valence-corrected chi connectivity index (χ1v) is 8.41. The molecule has 0 aliphatic carbocycles. The van der Waals surface area contributed by atoms with Gasteiger partial charge in [0, 0.05) is 42.5 Å². The van der Waals surface area contributed by atoms with Crippen molar-refractivity contribution >= 4 is 26.6 Å². The fourth-order valence-corrected chi connectivity index (χ4v) is 4.35. The van der Waals surface area contributed by atoms with E-state index in [1.165, 1.54) is 10.5 Å². The maximum absolute atomic E-state index is 12.9. The summed E-state index contributed by atoms with van der Waals surface area (Å²) in [5.41, 5.74) is 7.09. The molecule has 1 atom stereocenters. The van der Waals surface area contributed by atoms with Gasteiger partial charge in [0.25, 0.3) is 0 Å². The normalized spacial score (nSPS) is 21.5. The fourth-order valence-electron chi connectivity index (χ4n) is 2.64. The van der Waals surface area contributed by atoms with Crippen LogP contribution in [0.2, 0.25) is 0 Å². The number of sulfonamides is 1. The van der Waals surface area contributed by atoms with Crippen molar-refractivity contribution in [1.82, 2.24) is 9.29 Å². The van der Waals surface area contributed by atoms with Crippen molar-refractivity contribution in [3.8, 4) is 0 Å². The van der Waals surface area contributed by atoms with E-state index in [2.05, 4.69) is 4.98 Å². The van der Waals surface area contributed by atoms with Crippen LogP contribution in [-0.2, 0) is 14.8 Å². The molecule has 1 aliphatic heterocycles. The van der Waals surface area contributed by atoms with Crippen LogP contribution in [0.1, 0.15) is 13.3 Å². The van der Waals surface area contributed by atoms with Gasteiger partial charge >= 0.3 is 0 Å². The second kappa shape index (κ2) is 5.32. The number of ether oxygens (including phenoxy) is 1. The van der Waals surface area contributed by atoms with Crippen molar-refractivity contribution in [3.05, 3.63) is 24.4 Å². The first kappa shape index (κ1) is 14.4. The van der Waals surface area contributed by atoms with E-state index >= 15 is 0 Å². The standard InChI is InChI=1S/C14H19N3O3S/c1-10-9-17(5-2-6-20-10)21(18,19)14-8-16-13-4-3-11(15)7-12(13)14/h3-4,7-8,10,16H,2,5-6,9,15H2,1H3. The Morgan fingerprint density at radius 2 is 2.24 bits per heavy atom. The molecular formula is C14H19N3O3S. The molecule has 3 rings (SSSR count). The van der Waals surface area contributed by atoms with Crippen molar-refractivity contribution in [2.75, 3.05) is 25.4 Å². The van der Waals surface area contributed by atoms with Gasteiger partial charge in [-0.05, 0) is 31.5 Å². The molecule has 0 amide bonds. The Morgan fingerprint density at radius 1 is 1.43 bits per heavy atom. The average molecular weight is 309 g/mol. The van der Waals surface area contributed by atoms with Crippen molar-refractivity contribution in [2.24, 2.45) is 0 Å². The van der Waals surface area contributed by atoms with Gasteiger partial charge in [-0.1, -0.05) is 0 Å². The number of nitrogens with zero attached hydrogens (tertiary/aromatic N) is 1. The number of anilines is 1. The van der Waals surface area contributed by atoms with Gasteiger partial charge in [-0.3, -0.25) is 0 Å². The number of aromatic nitrogens is 1. The van der Waals surface area contributed by atoms with Crippen molar-refractivity contribution in [1.29, 1.82) is 0 Å². The highest BCUT2D eigenvalue weighted by Crippen LogP contribution is 2.28. The van der Waals surface area contributed by atoms with Crippen LogP contribution in [0.5, 0.6) is 0 Å². The first-order chi connectivity index (χ1) is 9.98. The van der Waals surface area contributed by atoms with E-state index in [4.69, 9.17) is 10.5 Å². The third-order valence-electron chi connectivity index (χ3n) is 3.70. The zero-order valence-electron chi connectivity index (χ0n) is 11.9. The van der Waals surface area contributed by atoms with E-state index in [1.54, 1.807) is 18.2 Å². The Balaban J connectivity index is 2.05. The number of nitrogen functional groups attached to an aromatic ring is 1. The molecule has 3 N–H and O–H groups in total. The minimum Gasteiger partial charge on any atom is -0.399 e. The van der Waals surface area contributed by atoms with E-state index in [0.29, 0.717) is 37.2 Å². The Bertz CT molecular complexity index is 754. The molecule has 1 aliphatic rings. The highest BCUT2D eigenvalue weighted by Gasteiger charge is 2.29. The molecule has 0 bridgehead atoms. The Labute approximate surface area is 123 Å². The number of benzene rings is 1. The summed E-state index contributed by atoms with van der Waals surface area (Å²) in [5, 5.41) is 0.632. The van der Waals surface area contributed by atoms with Gasteiger partial charge in [-0.2, -0.15) is 4.31 Å². The zero-order valence-corrected chi connectivity index (χ0v) is 12.7. The van der Waals surface area contributed by atoms with Gasteiger partial charge in [-0.15, -0.1) is 0 Å². The number of hydrogen-bond donors (Lipinski definition) is 2. The molecule has 1 aromatic heterocycles. The van der Waals surface area contributed by atoms with Crippen molar-refractivity contribution < 1.29 is 13.2 Å². The smallest absolute Gasteiger partial charge is 0.245 e. The molecule has 1 fully saturated rings. The van der Waals surface area contributed by atoms with Gasteiger partial charge in [0.15, 0.2) is 0 Å². The minimum atomic E-state index is -3.55. The lowest BCUT2D eigenvalue weighted by atomic mass is 10.2. The topological polar surface area (TPSA) is 88.4 Å². The van der Waals surface area contributed by atoms with Gasteiger partial charge in [-0.25, -0.2) is 8.42 Å². The first-order valence-electron chi connectivity index (χ1n) is 6.97. The molecule has 7 heteroatoms. The van der Waals surface area contributed by atoms with Crippen LogP contribution in [-0.4, -0.2) is 43.5 Å². The number of fused-ring (bicyclic) bond motifs is 1. The number of hydrogen-bond acceptors (Lipinski definition) is 4. The van der Waals surface area contributed by atoms with Gasteiger partial charge in [0.1, 0.15) is 4.90 Å². The molecule has 0 spiro atoms. The van der Waals surface area contributed by atoms with E-state index in [0.717, 1.165) is 5.52 Å². The van der Waals surface area contributed by atoms with Gasteiger partial charge in [0.2, 0.25) is 10.0 Å². The van der Waals surface area contributed by atoms with Crippen molar-refractivity contribution in [2.45, 2.75) is 24.3 Å². The van der Waals surface area contributed by atoms with E-state index < -0.39 is 10.0 Å². The molecule has 1 saturated heterocycles. The lowest BCUT2D eigenvalue weighted by molar-refractivity contribution is 0.0752. The quantitative estimate of drug-likeness (QED) is 0.824. The van der Waals surface area contributed by atoms with Gasteiger partial charge < -0.3 is 15.5 Å². The largest absolute Gasteiger partial charge is 0.399 e. The number of aromatic amines is 1. The number of rotatable bonds is 2. The van der Waals surface area contributed by atoms with Gasteiger partial charge in [0.05, 0.1) is 6.10 Å².